The molecule has 0 spiro atoms. The van der Waals surface area contributed by atoms with Gasteiger partial charge in [0.1, 0.15) is 0 Å². The quantitative estimate of drug-likeness (QED) is 0.238. The van der Waals surface area contributed by atoms with Crippen LogP contribution in [0.1, 0.15) is 111 Å². The lowest BCUT2D eigenvalue weighted by Gasteiger charge is -2.61. The van der Waals surface area contributed by atoms with Gasteiger partial charge in [0.25, 0.3) is 0 Å². The predicted molar refractivity (Wildman–Crippen MR) is 149 cm³/mol. The first-order chi connectivity index (χ1) is 17.3. The van der Waals surface area contributed by atoms with Crippen LogP contribution in [-0.4, -0.2) is 43.3 Å². The van der Waals surface area contributed by atoms with E-state index in [4.69, 9.17) is 5.73 Å². The minimum Gasteiger partial charge on any atom is -0.481 e. The Hall–Kier alpha value is -0.650. The monoisotopic (exact) mass is 503 g/mol. The maximum absolute atomic E-state index is 11.2. The largest absolute Gasteiger partial charge is 0.481 e. The topological polar surface area (TPSA) is 87.4 Å². The molecular weight excluding hydrogens is 446 g/mol. The predicted octanol–water partition coefficient (Wildman–Crippen LogP) is 5.82. The first-order valence-electron chi connectivity index (χ1n) is 15.7. The van der Waals surface area contributed by atoms with Gasteiger partial charge in [0.05, 0.1) is 0 Å². The van der Waals surface area contributed by atoms with Gasteiger partial charge in [-0.15, -0.1) is 0 Å². The Balaban J connectivity index is 1.27. The van der Waals surface area contributed by atoms with Crippen molar-refractivity contribution >= 4 is 5.97 Å². The summed E-state index contributed by atoms with van der Waals surface area (Å²) in [6, 6.07) is 0.719. The Morgan fingerprint density at radius 3 is 2.47 bits per heavy atom. The van der Waals surface area contributed by atoms with Gasteiger partial charge in [-0.25, -0.2) is 0 Å². The standard InChI is InChI=1S/C31H57N3O2/c1-22(7-12-29(35)36)26-10-11-27-25-9-8-23-21-24(34-20-6-19-33-18-5-4-17-32)13-15-30(23,2)28(25)14-16-31(26,27)3/h22-28,33-34H,4-21,32H2,1-3H3,(H,35,36)/t22?,23-,24-,25?,26+,27?,28?,30-,31+/m0/s1. The van der Waals surface area contributed by atoms with Crippen molar-refractivity contribution in [2.45, 2.75) is 117 Å². The molecule has 36 heavy (non-hydrogen) atoms. The van der Waals surface area contributed by atoms with Gasteiger partial charge in [-0.1, -0.05) is 20.8 Å². The molecule has 4 aliphatic carbocycles. The number of hydrogen-bond donors (Lipinski definition) is 4. The van der Waals surface area contributed by atoms with E-state index in [1.807, 2.05) is 0 Å². The van der Waals surface area contributed by atoms with Crippen molar-refractivity contribution in [1.29, 1.82) is 0 Å². The van der Waals surface area contributed by atoms with Gasteiger partial charge in [-0.3, -0.25) is 4.79 Å². The average molecular weight is 504 g/mol. The summed E-state index contributed by atoms with van der Waals surface area (Å²) >= 11 is 0. The summed E-state index contributed by atoms with van der Waals surface area (Å²) in [5, 5.41) is 16.7. The van der Waals surface area contributed by atoms with Gasteiger partial charge >= 0.3 is 5.97 Å². The Bertz CT molecular complexity index is 716. The molecule has 4 unspecified atom stereocenters. The number of fused-ring (bicyclic) bond motifs is 5. The molecule has 0 amide bonds. The van der Waals surface area contributed by atoms with Crippen molar-refractivity contribution in [2.75, 3.05) is 26.2 Å². The van der Waals surface area contributed by atoms with Crippen molar-refractivity contribution in [3.8, 4) is 0 Å². The van der Waals surface area contributed by atoms with Crippen LogP contribution in [0.15, 0.2) is 0 Å². The van der Waals surface area contributed by atoms with Crippen LogP contribution in [0.3, 0.4) is 0 Å². The number of unbranched alkanes of at least 4 members (excludes halogenated alkanes) is 1. The SMILES string of the molecule is CC(CCC(=O)O)[C@H]1CCC2C3CC[C@H]4C[C@@H](NCCCNCCCCN)CC[C@]4(C)C3CC[C@@]21C. The van der Waals surface area contributed by atoms with E-state index in [-0.39, 0.29) is 0 Å². The number of nitrogens with two attached hydrogens (primary N) is 1. The van der Waals surface area contributed by atoms with E-state index in [1.54, 1.807) is 0 Å². The zero-order chi connectivity index (χ0) is 25.8. The van der Waals surface area contributed by atoms with Crippen LogP contribution < -0.4 is 16.4 Å². The molecule has 4 aliphatic rings. The van der Waals surface area contributed by atoms with Crippen LogP contribution in [0, 0.1) is 46.3 Å². The Morgan fingerprint density at radius 1 is 0.944 bits per heavy atom. The molecule has 0 saturated heterocycles. The number of carboxylic acid groups (broad SMARTS) is 1. The molecule has 0 heterocycles. The highest BCUT2D eigenvalue weighted by Gasteiger charge is 2.60. The van der Waals surface area contributed by atoms with E-state index < -0.39 is 5.97 Å². The third-order valence-corrected chi connectivity index (χ3v) is 12.0. The van der Waals surface area contributed by atoms with Crippen molar-refractivity contribution < 1.29 is 9.90 Å². The normalized spacial score (nSPS) is 40.8. The first-order valence-corrected chi connectivity index (χ1v) is 15.7. The molecule has 0 aromatic carbocycles. The fraction of sp³-hybridized carbons (Fsp3) is 0.968. The average Bonchev–Trinajstić information content (AvgIpc) is 3.21. The molecule has 4 saturated carbocycles. The fourth-order valence-electron chi connectivity index (χ4n) is 10.0. The molecule has 0 aromatic rings. The molecule has 0 aromatic heterocycles. The third kappa shape index (κ3) is 5.99. The highest BCUT2D eigenvalue weighted by atomic mass is 16.4. The molecule has 9 atom stereocenters. The second kappa shape index (κ2) is 12.5. The highest BCUT2D eigenvalue weighted by Crippen LogP contribution is 2.68. The van der Waals surface area contributed by atoms with Crippen molar-refractivity contribution in [3.05, 3.63) is 0 Å². The molecule has 5 N–H and O–H groups in total. The van der Waals surface area contributed by atoms with Crippen LogP contribution in [0.5, 0.6) is 0 Å². The summed E-state index contributed by atoms with van der Waals surface area (Å²) in [4.78, 5) is 11.2. The second-order valence-corrected chi connectivity index (χ2v) is 13.8. The molecule has 4 fully saturated rings. The summed E-state index contributed by atoms with van der Waals surface area (Å²) in [5.41, 5.74) is 6.56. The van der Waals surface area contributed by atoms with Crippen LogP contribution in [-0.2, 0) is 4.79 Å². The van der Waals surface area contributed by atoms with Crippen molar-refractivity contribution in [1.82, 2.24) is 10.6 Å². The number of hydrogen-bond acceptors (Lipinski definition) is 4. The molecule has 0 radical (unpaired) electrons. The highest BCUT2D eigenvalue weighted by molar-refractivity contribution is 5.66. The number of carbonyl (C=O) groups is 1. The lowest BCUT2D eigenvalue weighted by molar-refractivity contribution is -0.137. The molecule has 0 aliphatic heterocycles. The maximum Gasteiger partial charge on any atom is 0.303 e. The molecule has 5 nitrogen and oxygen atoms in total. The summed E-state index contributed by atoms with van der Waals surface area (Å²) < 4.78 is 0. The molecular formula is C31H57N3O2. The summed E-state index contributed by atoms with van der Waals surface area (Å²) in [6.07, 6.45) is 17.3. The van der Waals surface area contributed by atoms with Crippen LogP contribution in [0.4, 0.5) is 0 Å². The lowest BCUT2D eigenvalue weighted by Crippen LogP contribution is -2.55. The van der Waals surface area contributed by atoms with E-state index in [0.717, 1.165) is 74.7 Å². The fourth-order valence-corrected chi connectivity index (χ4v) is 10.0. The minimum atomic E-state index is -0.628. The van der Waals surface area contributed by atoms with Crippen LogP contribution in [0.25, 0.3) is 0 Å². The van der Waals surface area contributed by atoms with Gasteiger partial charge in [0.2, 0.25) is 0 Å². The van der Waals surface area contributed by atoms with Crippen LogP contribution in [0.2, 0.25) is 0 Å². The van der Waals surface area contributed by atoms with E-state index in [2.05, 4.69) is 31.4 Å². The van der Waals surface area contributed by atoms with Crippen molar-refractivity contribution in [2.24, 2.45) is 52.1 Å². The van der Waals surface area contributed by atoms with Gasteiger partial charge < -0.3 is 21.5 Å². The van der Waals surface area contributed by atoms with E-state index in [9.17, 15) is 9.90 Å². The zero-order valence-electron chi connectivity index (χ0n) is 23.7. The number of aliphatic carboxylic acids is 1. The summed E-state index contributed by atoms with van der Waals surface area (Å²) in [6.45, 7) is 11.8. The molecule has 4 rings (SSSR count). The number of rotatable bonds is 13. The number of nitrogens with one attached hydrogen (secondary N) is 2. The van der Waals surface area contributed by atoms with Gasteiger partial charge in [-0.05, 0) is 156 Å². The van der Waals surface area contributed by atoms with E-state index in [1.165, 1.54) is 70.6 Å². The molecule has 208 valence electrons. The maximum atomic E-state index is 11.2. The first kappa shape index (κ1) is 28.4. The van der Waals surface area contributed by atoms with Gasteiger partial charge in [-0.2, -0.15) is 0 Å². The molecule has 0 bridgehead atoms. The zero-order valence-corrected chi connectivity index (χ0v) is 23.7. The lowest BCUT2D eigenvalue weighted by atomic mass is 9.44. The summed E-state index contributed by atoms with van der Waals surface area (Å²) in [7, 11) is 0. The third-order valence-electron chi connectivity index (χ3n) is 12.0. The smallest absolute Gasteiger partial charge is 0.303 e. The van der Waals surface area contributed by atoms with Crippen LogP contribution >= 0.6 is 0 Å². The van der Waals surface area contributed by atoms with Crippen molar-refractivity contribution in [3.63, 3.8) is 0 Å². The minimum absolute atomic E-state index is 0.338. The Kier molecular flexibility index (Phi) is 9.82. The molecule has 5 heteroatoms. The van der Waals surface area contributed by atoms with E-state index in [0.29, 0.717) is 23.2 Å². The van der Waals surface area contributed by atoms with Gasteiger partial charge in [0.15, 0.2) is 0 Å². The Labute approximate surface area is 221 Å². The summed E-state index contributed by atoms with van der Waals surface area (Å²) in [5.74, 6) is 4.25. The second-order valence-electron chi connectivity index (χ2n) is 13.8. The van der Waals surface area contributed by atoms with Gasteiger partial charge in [0, 0.05) is 12.5 Å². The number of carboxylic acids is 1. The Morgan fingerprint density at radius 2 is 1.69 bits per heavy atom. The van der Waals surface area contributed by atoms with E-state index >= 15 is 0 Å².